The Morgan fingerprint density at radius 3 is 2.11 bits per heavy atom. The van der Waals surface area contributed by atoms with Gasteiger partial charge in [-0.2, -0.15) is 0 Å². The molecule has 5 rings (SSSR count). The lowest BCUT2D eigenvalue weighted by atomic mass is 9.75. The van der Waals surface area contributed by atoms with Gasteiger partial charge in [-0.05, 0) is 67.4 Å². The molecule has 0 unspecified atom stereocenters. The molecule has 5 N–H and O–H groups in total. The SMILES string of the molecule is COC(=O)/C=C/CC[C@H](CC(=O)c1cc([N+](=O)[O-])ccc1C(=O)O)C(=O)N[C@H](C(=O)N1C[C@H](OCc2ccccc2)C[C@H]1C(=O)N[C@H](C(=O)C[C@H](C(N)=O)C1CCCCC1)C1CCCCC1)C(C)(C)C. The number of hydrogen-bond acceptors (Lipinski definition) is 12. The Morgan fingerprint density at radius 1 is 0.886 bits per heavy atom. The number of carbonyl (C=O) groups excluding carboxylic acids is 7. The van der Waals surface area contributed by atoms with Crippen LogP contribution in [0.25, 0.3) is 0 Å². The molecular formula is C52H69N5O13. The molecular weight excluding hydrogens is 903 g/mol. The number of ketones is 2. The number of hydrogen-bond donors (Lipinski definition) is 4. The molecule has 380 valence electrons. The number of nitro groups is 1. The number of allylic oxidation sites excluding steroid dienone is 1. The number of nitrogens with two attached hydrogens (primary N) is 1. The number of nitrogens with one attached hydrogen (secondary N) is 2. The number of likely N-dealkylation sites (tertiary alicyclic amines) is 1. The summed E-state index contributed by atoms with van der Waals surface area (Å²) in [4.78, 5) is 122. The normalized spacial score (nSPS) is 19.6. The number of esters is 1. The summed E-state index contributed by atoms with van der Waals surface area (Å²) in [5.74, 6) is -8.00. The number of carboxylic acids is 1. The molecule has 0 radical (unpaired) electrons. The summed E-state index contributed by atoms with van der Waals surface area (Å²) in [6, 6.07) is 8.69. The Morgan fingerprint density at radius 2 is 1.53 bits per heavy atom. The number of nitro benzene ring substituents is 1. The van der Waals surface area contributed by atoms with E-state index in [0.717, 1.165) is 81.2 Å². The molecule has 2 aliphatic carbocycles. The predicted octanol–water partition coefficient (Wildman–Crippen LogP) is 6.41. The number of primary amides is 1. The van der Waals surface area contributed by atoms with E-state index in [4.69, 9.17) is 10.5 Å². The van der Waals surface area contributed by atoms with Gasteiger partial charge in [0.15, 0.2) is 11.6 Å². The Bertz CT molecular complexity index is 2250. The molecule has 70 heavy (non-hydrogen) atoms. The number of methoxy groups -OCH3 is 1. The fraction of sp³-hybridized carbons (Fsp3) is 0.577. The van der Waals surface area contributed by atoms with Crippen molar-refractivity contribution in [1.82, 2.24) is 15.5 Å². The number of amides is 4. The van der Waals surface area contributed by atoms with Gasteiger partial charge in [0.1, 0.15) is 12.1 Å². The Kier molecular flexibility index (Phi) is 19.9. The highest BCUT2D eigenvalue weighted by molar-refractivity contribution is 6.07. The Hall–Kier alpha value is -6.30. The number of carbonyl (C=O) groups is 8. The largest absolute Gasteiger partial charge is 0.478 e. The van der Waals surface area contributed by atoms with Gasteiger partial charge < -0.3 is 35.8 Å². The number of rotatable bonds is 23. The Labute approximate surface area is 409 Å². The van der Waals surface area contributed by atoms with Crippen LogP contribution in [-0.2, 0) is 44.8 Å². The van der Waals surface area contributed by atoms with Crippen molar-refractivity contribution in [2.45, 2.75) is 148 Å². The van der Waals surface area contributed by atoms with Gasteiger partial charge in [0.05, 0.1) is 36.3 Å². The average molecular weight is 972 g/mol. The van der Waals surface area contributed by atoms with Crippen molar-refractivity contribution >= 4 is 52.8 Å². The maximum absolute atomic E-state index is 15.1. The quantitative estimate of drug-likeness (QED) is 0.0308. The van der Waals surface area contributed by atoms with Crippen LogP contribution in [0.3, 0.4) is 0 Å². The van der Waals surface area contributed by atoms with Gasteiger partial charge in [-0.1, -0.05) is 95.7 Å². The summed E-state index contributed by atoms with van der Waals surface area (Å²) in [6.07, 6.45) is 9.87. The summed E-state index contributed by atoms with van der Waals surface area (Å²) >= 11 is 0. The third-order valence-electron chi connectivity index (χ3n) is 14.0. The number of non-ortho nitro benzene ring substituents is 1. The number of benzene rings is 2. The van der Waals surface area contributed by atoms with Crippen LogP contribution in [0.4, 0.5) is 5.69 Å². The second-order valence-electron chi connectivity index (χ2n) is 20.0. The highest BCUT2D eigenvalue weighted by Crippen LogP contribution is 2.35. The van der Waals surface area contributed by atoms with Gasteiger partial charge in [-0.15, -0.1) is 0 Å². The van der Waals surface area contributed by atoms with Crippen molar-refractivity contribution in [3.63, 3.8) is 0 Å². The van der Waals surface area contributed by atoms with Gasteiger partial charge in [0.2, 0.25) is 23.6 Å². The van der Waals surface area contributed by atoms with Crippen LogP contribution in [-0.4, -0.2) is 99.9 Å². The number of Topliss-reactive ketones (excluding diaryl/α,β-unsaturated/α-hetero) is 2. The first-order valence-electron chi connectivity index (χ1n) is 24.5. The Balaban J connectivity index is 1.45. The molecule has 6 atom stereocenters. The topological polar surface area (TPSA) is 272 Å². The molecule has 3 fully saturated rings. The van der Waals surface area contributed by atoms with Gasteiger partial charge in [0, 0.05) is 61.4 Å². The fourth-order valence-electron chi connectivity index (χ4n) is 10.1. The van der Waals surface area contributed by atoms with E-state index in [-0.39, 0.29) is 56.5 Å². The van der Waals surface area contributed by atoms with E-state index in [1.807, 2.05) is 30.3 Å². The van der Waals surface area contributed by atoms with Crippen LogP contribution in [0, 0.1) is 39.2 Å². The molecule has 1 aliphatic heterocycles. The molecule has 18 heteroatoms. The van der Waals surface area contributed by atoms with E-state index in [1.54, 1.807) is 20.8 Å². The van der Waals surface area contributed by atoms with E-state index < -0.39 is 111 Å². The van der Waals surface area contributed by atoms with Crippen LogP contribution in [0.2, 0.25) is 0 Å². The summed E-state index contributed by atoms with van der Waals surface area (Å²) in [7, 11) is 1.19. The highest BCUT2D eigenvalue weighted by Gasteiger charge is 2.47. The van der Waals surface area contributed by atoms with Gasteiger partial charge >= 0.3 is 11.9 Å². The van der Waals surface area contributed by atoms with E-state index in [2.05, 4.69) is 15.4 Å². The van der Waals surface area contributed by atoms with Crippen molar-refractivity contribution in [2.24, 2.45) is 34.8 Å². The summed E-state index contributed by atoms with van der Waals surface area (Å²) in [5.41, 5.74) is 4.25. The molecule has 0 aromatic heterocycles. The van der Waals surface area contributed by atoms with Crippen molar-refractivity contribution < 1.29 is 57.9 Å². The molecule has 0 bridgehead atoms. The first kappa shape index (κ1) is 54.6. The van der Waals surface area contributed by atoms with Crippen molar-refractivity contribution in [2.75, 3.05) is 13.7 Å². The third-order valence-corrected chi connectivity index (χ3v) is 14.0. The predicted molar refractivity (Wildman–Crippen MR) is 257 cm³/mol. The second-order valence-corrected chi connectivity index (χ2v) is 20.0. The fourth-order valence-corrected chi connectivity index (χ4v) is 10.1. The first-order valence-corrected chi connectivity index (χ1v) is 24.5. The minimum atomic E-state index is -1.52. The lowest BCUT2D eigenvalue weighted by Gasteiger charge is -2.37. The smallest absolute Gasteiger partial charge is 0.336 e. The summed E-state index contributed by atoms with van der Waals surface area (Å²) < 4.78 is 11.0. The summed E-state index contributed by atoms with van der Waals surface area (Å²) in [5, 5.41) is 27.4. The van der Waals surface area contributed by atoms with Crippen LogP contribution in [0.1, 0.15) is 143 Å². The van der Waals surface area contributed by atoms with Crippen LogP contribution in [0.5, 0.6) is 0 Å². The minimum absolute atomic E-state index is 0.0241. The third kappa shape index (κ3) is 15.1. The second kappa shape index (κ2) is 25.5. The maximum atomic E-state index is 15.1. The average Bonchev–Trinajstić information content (AvgIpc) is 3.78. The van der Waals surface area contributed by atoms with Crippen LogP contribution < -0.4 is 16.4 Å². The lowest BCUT2D eigenvalue weighted by molar-refractivity contribution is -0.384. The molecule has 2 aromatic carbocycles. The van der Waals surface area contributed by atoms with Gasteiger partial charge in [0.25, 0.3) is 5.69 Å². The molecule has 3 aliphatic rings. The molecule has 18 nitrogen and oxygen atoms in total. The first-order chi connectivity index (χ1) is 33.3. The van der Waals surface area contributed by atoms with E-state index in [9.17, 15) is 48.8 Å². The van der Waals surface area contributed by atoms with E-state index >= 15 is 4.79 Å². The van der Waals surface area contributed by atoms with E-state index in [0.29, 0.717) is 12.8 Å². The molecule has 2 saturated carbocycles. The molecule has 1 saturated heterocycles. The number of nitrogens with zero attached hydrogens (tertiary/aromatic N) is 2. The molecule has 2 aromatic rings. The van der Waals surface area contributed by atoms with Crippen LogP contribution >= 0.6 is 0 Å². The zero-order chi connectivity index (χ0) is 51.1. The van der Waals surface area contributed by atoms with Crippen LogP contribution in [0.15, 0.2) is 60.7 Å². The molecule has 4 amide bonds. The number of aromatic carboxylic acids is 1. The minimum Gasteiger partial charge on any atom is -0.478 e. The van der Waals surface area contributed by atoms with Gasteiger partial charge in [-0.25, -0.2) is 9.59 Å². The molecule has 0 spiro atoms. The van der Waals surface area contributed by atoms with Crippen molar-refractivity contribution in [1.29, 1.82) is 0 Å². The standard InChI is InChI=1S/C52H69N5O13/c1-52(2,3)46(55-48(62)35(22-14-15-23-44(60)69-4)26-42(58)40-27-36(57(67)68)24-25-38(40)51(65)66)50(64)56-30-37(70-31-32-16-8-5-9-17-32)28-41(56)49(63)54-45(34-20-12-7-13-21-34)43(59)29-39(47(53)61)33-18-10-6-11-19-33/h5,8-9,15-17,23-25,27,33-35,37,39,41,45-46H,6-7,10-14,18-22,26,28-31H2,1-4H3,(H2,53,61)(H,54,63)(H,55,62)(H,65,66)/b23-15+/t35-,37-,39+,41+,45+,46-/m1/s1. The monoisotopic (exact) mass is 971 g/mol. The maximum Gasteiger partial charge on any atom is 0.336 e. The van der Waals surface area contributed by atoms with Crippen molar-refractivity contribution in [3.8, 4) is 0 Å². The lowest BCUT2D eigenvalue weighted by Crippen LogP contribution is -2.59. The number of carboxylic acid groups (broad SMARTS) is 1. The highest BCUT2D eigenvalue weighted by atomic mass is 16.6. The van der Waals surface area contributed by atoms with E-state index in [1.165, 1.54) is 18.1 Å². The zero-order valence-corrected chi connectivity index (χ0v) is 40.7. The molecule has 1 heterocycles. The zero-order valence-electron chi connectivity index (χ0n) is 40.7. The van der Waals surface area contributed by atoms with Crippen molar-refractivity contribution in [3.05, 3.63) is 87.5 Å². The van der Waals surface area contributed by atoms with Gasteiger partial charge in [-0.3, -0.25) is 38.9 Å². The summed E-state index contributed by atoms with van der Waals surface area (Å²) in [6.45, 7) is 5.26. The number of ether oxygens (including phenoxy) is 2.